The molecule has 0 saturated heterocycles. The summed E-state index contributed by atoms with van der Waals surface area (Å²) >= 11 is 0. The first-order chi connectivity index (χ1) is 14.8. The molecule has 3 aromatic carbocycles. The minimum Gasteiger partial charge on any atom is -0.363 e. The third kappa shape index (κ3) is 2.89. The lowest BCUT2D eigenvalue weighted by atomic mass is 10.1. The van der Waals surface area contributed by atoms with Crippen LogP contribution < -0.4 is 10.6 Å². The lowest BCUT2D eigenvalue weighted by molar-refractivity contribution is 0.758. The Morgan fingerprint density at radius 1 is 0.800 bits per heavy atom. The average Bonchev–Trinajstić information content (AvgIpc) is 3.42. The van der Waals surface area contributed by atoms with E-state index >= 15 is 0 Å². The van der Waals surface area contributed by atoms with E-state index < -0.39 is 0 Å². The molecule has 30 heavy (non-hydrogen) atoms. The first-order valence-electron chi connectivity index (χ1n) is 10.4. The number of nitrogens with one attached hydrogen (secondary N) is 3. The predicted molar refractivity (Wildman–Crippen MR) is 124 cm³/mol. The molecule has 2 aromatic heterocycles. The van der Waals surface area contributed by atoms with Gasteiger partial charge in [-0.25, -0.2) is 4.98 Å². The van der Waals surface area contributed by atoms with E-state index in [-0.39, 0.29) is 0 Å². The number of hydrogen-bond donors (Lipinski definition) is 3. The summed E-state index contributed by atoms with van der Waals surface area (Å²) in [6, 6.07) is 27.9. The van der Waals surface area contributed by atoms with Crippen LogP contribution in [0.1, 0.15) is 23.6 Å². The van der Waals surface area contributed by atoms with Crippen LogP contribution in [0.2, 0.25) is 0 Å². The normalized spacial score (nSPS) is 15.4. The summed E-state index contributed by atoms with van der Waals surface area (Å²) in [5, 5.41) is 9.54. The second-order valence-electron chi connectivity index (χ2n) is 7.87. The van der Waals surface area contributed by atoms with Crippen molar-refractivity contribution >= 4 is 39.0 Å². The molecule has 1 atom stereocenters. The molecule has 0 saturated carbocycles. The van der Waals surface area contributed by atoms with Crippen LogP contribution >= 0.6 is 0 Å². The summed E-state index contributed by atoms with van der Waals surface area (Å²) in [6.07, 6.45) is 4.21. The third-order valence-corrected chi connectivity index (χ3v) is 6.05. The molecule has 5 aromatic rings. The van der Waals surface area contributed by atoms with Gasteiger partial charge in [-0.1, -0.05) is 36.4 Å². The van der Waals surface area contributed by atoms with Crippen molar-refractivity contribution in [2.24, 2.45) is 0 Å². The Bertz CT molecular complexity index is 1370. The van der Waals surface area contributed by atoms with Crippen LogP contribution in [-0.4, -0.2) is 9.97 Å². The van der Waals surface area contributed by atoms with Crippen molar-refractivity contribution in [2.45, 2.75) is 18.9 Å². The molecule has 1 aliphatic carbocycles. The number of rotatable bonds is 4. The number of fused-ring (bicyclic) bond motifs is 3. The molecule has 146 valence electrons. The number of aryl methyl sites for hydroxylation is 1. The van der Waals surface area contributed by atoms with Gasteiger partial charge in [-0.3, -0.25) is 0 Å². The molecular weight excluding hydrogens is 368 g/mol. The number of pyridine rings is 1. The maximum Gasteiger partial charge on any atom is 0.127 e. The van der Waals surface area contributed by atoms with Crippen LogP contribution in [-0.2, 0) is 6.42 Å². The first kappa shape index (κ1) is 17.1. The van der Waals surface area contributed by atoms with Gasteiger partial charge in [0.05, 0.1) is 11.6 Å². The maximum atomic E-state index is 4.91. The highest BCUT2D eigenvalue weighted by Gasteiger charge is 2.22. The minimum absolute atomic E-state index is 0.332. The van der Waals surface area contributed by atoms with Gasteiger partial charge in [-0.05, 0) is 66.4 Å². The van der Waals surface area contributed by atoms with E-state index in [9.17, 15) is 0 Å². The van der Waals surface area contributed by atoms with E-state index in [1.807, 2.05) is 6.20 Å². The lowest BCUT2D eigenvalue weighted by Crippen LogP contribution is -2.08. The molecule has 3 N–H and O–H groups in total. The second kappa shape index (κ2) is 6.92. The van der Waals surface area contributed by atoms with Crippen molar-refractivity contribution in [3.8, 4) is 0 Å². The number of nitrogens with zero attached hydrogens (tertiary/aromatic N) is 1. The van der Waals surface area contributed by atoms with Crippen LogP contribution in [0.5, 0.6) is 0 Å². The average molecular weight is 390 g/mol. The molecule has 0 bridgehead atoms. The molecule has 0 unspecified atom stereocenters. The van der Waals surface area contributed by atoms with E-state index in [2.05, 4.69) is 94.5 Å². The van der Waals surface area contributed by atoms with E-state index in [4.69, 9.17) is 4.98 Å². The van der Waals surface area contributed by atoms with Crippen molar-refractivity contribution < 1.29 is 0 Å². The third-order valence-electron chi connectivity index (χ3n) is 6.05. The standard InChI is InChI=1S/C26H22N4/c1-2-6-18-17(5-1)11-13-25(18)30-26-14-12-19-22(9-4-10-24(19)29-26)28-23-8-3-7-21-20(23)15-16-27-21/h1-10,12,14-16,25,27-28H,11,13H2,(H,29,30)/t25-/m1/s1. The molecule has 0 radical (unpaired) electrons. The summed E-state index contributed by atoms with van der Waals surface area (Å²) in [4.78, 5) is 8.18. The number of H-pyrrole nitrogens is 1. The lowest BCUT2D eigenvalue weighted by Gasteiger charge is -2.16. The highest BCUT2D eigenvalue weighted by atomic mass is 15.0. The number of aromatic nitrogens is 2. The Hall–Kier alpha value is -3.79. The van der Waals surface area contributed by atoms with Gasteiger partial charge < -0.3 is 15.6 Å². The number of aromatic amines is 1. The second-order valence-corrected chi connectivity index (χ2v) is 7.87. The molecule has 2 heterocycles. The van der Waals surface area contributed by atoms with Crippen molar-refractivity contribution in [2.75, 3.05) is 10.6 Å². The zero-order chi connectivity index (χ0) is 19.9. The van der Waals surface area contributed by atoms with Gasteiger partial charge in [-0.15, -0.1) is 0 Å². The monoisotopic (exact) mass is 390 g/mol. The predicted octanol–water partition coefficient (Wildman–Crippen LogP) is 6.56. The van der Waals surface area contributed by atoms with E-state index in [1.165, 1.54) is 16.5 Å². The summed E-state index contributed by atoms with van der Waals surface area (Å²) < 4.78 is 0. The van der Waals surface area contributed by atoms with Crippen LogP contribution in [0.15, 0.2) is 85.1 Å². The summed E-state index contributed by atoms with van der Waals surface area (Å²) in [5.74, 6) is 0.925. The van der Waals surface area contributed by atoms with Crippen molar-refractivity contribution in [1.29, 1.82) is 0 Å². The van der Waals surface area contributed by atoms with Gasteiger partial charge in [0.1, 0.15) is 5.82 Å². The fraction of sp³-hybridized carbons (Fsp3) is 0.115. The van der Waals surface area contributed by atoms with E-state index in [1.54, 1.807) is 0 Å². The van der Waals surface area contributed by atoms with Gasteiger partial charge in [0.15, 0.2) is 0 Å². The Labute approximate surface area is 175 Å². The topological polar surface area (TPSA) is 52.7 Å². The SMILES string of the molecule is c1ccc2c(c1)CC[C@H]2Nc1ccc2c(Nc3cccc4[nH]ccc34)cccc2n1. The molecule has 4 nitrogen and oxygen atoms in total. The molecule has 1 aliphatic rings. The van der Waals surface area contributed by atoms with Crippen LogP contribution in [0.25, 0.3) is 21.8 Å². The Morgan fingerprint density at radius 2 is 1.67 bits per heavy atom. The minimum atomic E-state index is 0.332. The van der Waals surface area contributed by atoms with Gasteiger partial charge >= 0.3 is 0 Å². The molecule has 6 rings (SSSR count). The van der Waals surface area contributed by atoms with Crippen LogP contribution in [0, 0.1) is 0 Å². The van der Waals surface area contributed by atoms with E-state index in [0.717, 1.165) is 46.5 Å². The van der Waals surface area contributed by atoms with E-state index in [0.29, 0.717) is 6.04 Å². The van der Waals surface area contributed by atoms with Crippen LogP contribution in [0.3, 0.4) is 0 Å². The highest BCUT2D eigenvalue weighted by Crippen LogP contribution is 2.34. The van der Waals surface area contributed by atoms with Gasteiger partial charge in [0.25, 0.3) is 0 Å². The van der Waals surface area contributed by atoms with Crippen molar-refractivity contribution in [3.05, 3.63) is 96.2 Å². The smallest absolute Gasteiger partial charge is 0.127 e. The zero-order valence-corrected chi connectivity index (χ0v) is 16.5. The quantitative estimate of drug-likeness (QED) is 0.326. The summed E-state index contributed by atoms with van der Waals surface area (Å²) in [7, 11) is 0. The Kier molecular flexibility index (Phi) is 3.94. The summed E-state index contributed by atoms with van der Waals surface area (Å²) in [5.41, 5.74) is 7.10. The first-order valence-corrected chi connectivity index (χ1v) is 10.4. The Morgan fingerprint density at radius 3 is 2.63 bits per heavy atom. The Balaban J connectivity index is 1.32. The number of hydrogen-bond acceptors (Lipinski definition) is 3. The van der Waals surface area contributed by atoms with Gasteiger partial charge in [0, 0.05) is 33.9 Å². The van der Waals surface area contributed by atoms with Gasteiger partial charge in [-0.2, -0.15) is 0 Å². The van der Waals surface area contributed by atoms with Crippen LogP contribution in [0.4, 0.5) is 17.2 Å². The molecule has 0 aliphatic heterocycles. The van der Waals surface area contributed by atoms with Crippen molar-refractivity contribution in [3.63, 3.8) is 0 Å². The van der Waals surface area contributed by atoms with Gasteiger partial charge in [0.2, 0.25) is 0 Å². The largest absolute Gasteiger partial charge is 0.363 e. The molecule has 0 amide bonds. The molecule has 4 heteroatoms. The number of benzene rings is 3. The molecule has 0 fully saturated rings. The maximum absolute atomic E-state index is 4.91. The fourth-order valence-electron chi connectivity index (χ4n) is 4.57. The van der Waals surface area contributed by atoms with Crippen molar-refractivity contribution in [1.82, 2.24) is 9.97 Å². The number of anilines is 3. The summed E-state index contributed by atoms with van der Waals surface area (Å²) in [6.45, 7) is 0. The molecular formula is C26H22N4. The fourth-order valence-corrected chi connectivity index (χ4v) is 4.57. The molecule has 0 spiro atoms. The zero-order valence-electron chi connectivity index (χ0n) is 16.5. The highest BCUT2D eigenvalue weighted by molar-refractivity contribution is 5.99.